The van der Waals surface area contributed by atoms with E-state index < -0.39 is 23.7 Å². The molecule has 0 aliphatic heterocycles. The maximum Gasteiger partial charge on any atom is 0.209 e. The van der Waals surface area contributed by atoms with Crippen LogP contribution in [-0.4, -0.2) is 54.3 Å². The van der Waals surface area contributed by atoms with Gasteiger partial charge in [0.05, 0.1) is 28.8 Å². The third kappa shape index (κ3) is 3.13. The molecule has 166 valence electrons. The average Bonchev–Trinajstić information content (AvgIpc) is 3.02. The van der Waals surface area contributed by atoms with Crippen LogP contribution in [0.15, 0.2) is 18.5 Å². The number of carbonyl (C=O) groups is 1. The molecule has 3 aromatic heterocycles. The Morgan fingerprint density at radius 2 is 2.16 bits per heavy atom. The largest absolute Gasteiger partial charge is 0.389 e. The number of ketones is 1. The third-order valence-electron chi connectivity index (χ3n) is 6.65. The fourth-order valence-electron chi connectivity index (χ4n) is 4.95. The number of thiophene rings is 1. The Labute approximate surface area is 189 Å². The summed E-state index contributed by atoms with van der Waals surface area (Å²) in [5.74, 6) is 6.88. The number of fused-ring (bicyclic) bond motifs is 2. The number of carbonyl (C=O) groups excluding carboxylic acids is 1. The number of rotatable bonds is 5. The van der Waals surface area contributed by atoms with Crippen molar-refractivity contribution < 1.29 is 15.0 Å². The SMILES string of the molecule is CCCNc1nc(C#Cc2ccc(C)s2)nc2c1ncn2[C@@H]1C2C[C@@]2(C(C)=O)C(O)[C@H]1O. The molecule has 0 amide bonds. The molecule has 2 aliphatic rings. The van der Waals surface area contributed by atoms with E-state index in [0.29, 0.717) is 29.2 Å². The molecule has 3 heterocycles. The van der Waals surface area contributed by atoms with Gasteiger partial charge in [-0.05, 0) is 56.6 Å². The van der Waals surface area contributed by atoms with Crippen LogP contribution in [-0.2, 0) is 4.79 Å². The minimum absolute atomic E-state index is 0.0845. The molecule has 0 spiro atoms. The van der Waals surface area contributed by atoms with Crippen molar-refractivity contribution in [2.75, 3.05) is 11.9 Å². The predicted octanol–water partition coefficient (Wildman–Crippen LogP) is 2.29. The van der Waals surface area contributed by atoms with Crippen LogP contribution in [0.25, 0.3) is 11.2 Å². The summed E-state index contributed by atoms with van der Waals surface area (Å²) in [7, 11) is 0. The van der Waals surface area contributed by atoms with Crippen molar-refractivity contribution in [2.24, 2.45) is 11.3 Å². The monoisotopic (exact) mass is 451 g/mol. The standard InChI is InChI=1S/C23H25N5O3S/c1-4-9-24-21-17-22(27-16(26-21)8-7-14-6-5-12(2)32-14)28(11-25-17)18-15-10-23(15,13(3)29)20(31)19(18)30/h5-6,11,15,18-20,30-31H,4,9-10H2,1-3H3,(H,24,26,27)/t15?,18-,19+,20?,23+/m1/s1. The maximum atomic E-state index is 12.2. The van der Waals surface area contributed by atoms with E-state index in [0.717, 1.165) is 17.8 Å². The van der Waals surface area contributed by atoms with E-state index in [1.54, 1.807) is 22.2 Å². The number of aromatic nitrogens is 4. The van der Waals surface area contributed by atoms with Crippen molar-refractivity contribution in [3.8, 4) is 11.8 Å². The van der Waals surface area contributed by atoms with Gasteiger partial charge in [0.1, 0.15) is 11.9 Å². The van der Waals surface area contributed by atoms with Gasteiger partial charge in [-0.2, -0.15) is 0 Å². The Bertz CT molecular complexity index is 1270. The molecule has 2 fully saturated rings. The Kier molecular flexibility index (Phi) is 5.04. The summed E-state index contributed by atoms with van der Waals surface area (Å²) in [5.41, 5.74) is 0.253. The van der Waals surface area contributed by atoms with Gasteiger partial charge in [-0.25, -0.2) is 15.0 Å². The normalized spacial score (nSPS) is 28.3. The highest BCUT2D eigenvalue weighted by molar-refractivity contribution is 7.12. The number of aryl methyl sites for hydroxylation is 1. The average molecular weight is 452 g/mol. The lowest BCUT2D eigenvalue weighted by Gasteiger charge is -2.23. The molecule has 0 saturated heterocycles. The highest BCUT2D eigenvalue weighted by atomic mass is 32.1. The van der Waals surface area contributed by atoms with Gasteiger partial charge in [0.25, 0.3) is 0 Å². The topological polar surface area (TPSA) is 113 Å². The van der Waals surface area contributed by atoms with Crippen LogP contribution in [0.5, 0.6) is 0 Å². The fourth-order valence-corrected chi connectivity index (χ4v) is 5.67. The molecule has 5 rings (SSSR count). The molecule has 2 saturated carbocycles. The lowest BCUT2D eigenvalue weighted by atomic mass is 9.95. The van der Waals surface area contributed by atoms with E-state index >= 15 is 0 Å². The number of imidazole rings is 1. The van der Waals surface area contributed by atoms with Crippen molar-refractivity contribution >= 4 is 34.1 Å². The summed E-state index contributed by atoms with van der Waals surface area (Å²) in [6, 6.07) is 3.51. The number of aliphatic hydroxyl groups excluding tert-OH is 2. The van der Waals surface area contributed by atoms with Crippen LogP contribution in [0.4, 0.5) is 5.82 Å². The van der Waals surface area contributed by atoms with Crippen LogP contribution in [0.2, 0.25) is 0 Å². The zero-order valence-electron chi connectivity index (χ0n) is 18.2. The van der Waals surface area contributed by atoms with Crippen LogP contribution in [0.3, 0.4) is 0 Å². The van der Waals surface area contributed by atoms with E-state index in [4.69, 9.17) is 0 Å². The smallest absolute Gasteiger partial charge is 0.209 e. The number of aliphatic hydroxyl groups is 2. The van der Waals surface area contributed by atoms with Crippen molar-refractivity contribution in [1.29, 1.82) is 0 Å². The first kappa shape index (κ1) is 21.1. The quantitative estimate of drug-likeness (QED) is 0.510. The van der Waals surface area contributed by atoms with Gasteiger partial charge < -0.3 is 20.1 Å². The van der Waals surface area contributed by atoms with Gasteiger partial charge in [0.2, 0.25) is 5.82 Å². The number of hydrogen-bond acceptors (Lipinski definition) is 8. The molecule has 2 aliphatic carbocycles. The Balaban J connectivity index is 1.59. The van der Waals surface area contributed by atoms with Crippen molar-refractivity contribution in [1.82, 2.24) is 19.5 Å². The second kappa shape index (κ2) is 7.66. The Hall–Kier alpha value is -2.80. The number of nitrogens with one attached hydrogen (secondary N) is 1. The maximum absolute atomic E-state index is 12.2. The van der Waals surface area contributed by atoms with Gasteiger partial charge in [0, 0.05) is 11.4 Å². The number of anilines is 1. The van der Waals surface area contributed by atoms with Crippen molar-refractivity contribution in [3.63, 3.8) is 0 Å². The first-order valence-electron chi connectivity index (χ1n) is 10.8. The van der Waals surface area contributed by atoms with E-state index in [1.165, 1.54) is 11.8 Å². The Morgan fingerprint density at radius 1 is 1.34 bits per heavy atom. The van der Waals surface area contributed by atoms with E-state index in [1.807, 2.05) is 19.1 Å². The summed E-state index contributed by atoms with van der Waals surface area (Å²) in [6.07, 6.45) is 0.930. The number of nitrogens with zero attached hydrogens (tertiary/aromatic N) is 4. The zero-order valence-corrected chi connectivity index (χ0v) is 19.0. The summed E-state index contributed by atoms with van der Waals surface area (Å²) >= 11 is 1.61. The van der Waals surface area contributed by atoms with Gasteiger partial charge in [-0.1, -0.05) is 6.92 Å². The highest BCUT2D eigenvalue weighted by Gasteiger charge is 2.74. The van der Waals surface area contributed by atoms with Gasteiger partial charge >= 0.3 is 0 Å². The molecule has 0 bridgehead atoms. The first-order chi connectivity index (χ1) is 15.4. The van der Waals surface area contributed by atoms with Gasteiger partial charge in [-0.15, -0.1) is 11.3 Å². The van der Waals surface area contributed by atoms with E-state index in [2.05, 4.69) is 39.0 Å². The molecule has 5 atom stereocenters. The van der Waals surface area contributed by atoms with Crippen LogP contribution in [0, 0.1) is 30.1 Å². The predicted molar refractivity (Wildman–Crippen MR) is 121 cm³/mol. The summed E-state index contributed by atoms with van der Waals surface area (Å²) < 4.78 is 1.78. The molecule has 32 heavy (non-hydrogen) atoms. The third-order valence-corrected chi connectivity index (χ3v) is 7.57. The Morgan fingerprint density at radius 3 is 2.81 bits per heavy atom. The van der Waals surface area contributed by atoms with Gasteiger partial charge in [-0.3, -0.25) is 4.79 Å². The summed E-state index contributed by atoms with van der Waals surface area (Å²) in [5, 5.41) is 24.7. The molecule has 3 N–H and O–H groups in total. The van der Waals surface area contributed by atoms with Crippen LogP contribution >= 0.6 is 11.3 Å². The highest BCUT2D eigenvalue weighted by Crippen LogP contribution is 2.68. The minimum Gasteiger partial charge on any atom is -0.389 e. The minimum atomic E-state index is -1.09. The molecule has 0 aromatic carbocycles. The van der Waals surface area contributed by atoms with Gasteiger partial charge in [0.15, 0.2) is 17.0 Å². The lowest BCUT2D eigenvalue weighted by Crippen LogP contribution is -2.36. The van der Waals surface area contributed by atoms with Crippen LogP contribution < -0.4 is 5.32 Å². The summed E-state index contributed by atoms with van der Waals surface area (Å²) in [4.78, 5) is 28.1. The molecular weight excluding hydrogens is 426 g/mol. The van der Waals surface area contributed by atoms with Crippen LogP contribution in [0.1, 0.15) is 48.3 Å². The molecule has 9 heteroatoms. The first-order valence-corrected chi connectivity index (χ1v) is 11.6. The lowest BCUT2D eigenvalue weighted by molar-refractivity contribution is -0.128. The zero-order chi connectivity index (χ0) is 22.6. The number of hydrogen-bond donors (Lipinski definition) is 3. The van der Waals surface area contributed by atoms with E-state index in [9.17, 15) is 15.0 Å². The second-order valence-electron chi connectivity index (χ2n) is 8.64. The summed E-state index contributed by atoms with van der Waals surface area (Å²) in [6.45, 7) is 6.30. The number of Topliss-reactive ketones (excluding diaryl/α,β-unsaturated/α-hetero) is 1. The fraction of sp³-hybridized carbons (Fsp3) is 0.478. The molecule has 8 nitrogen and oxygen atoms in total. The van der Waals surface area contributed by atoms with Crippen molar-refractivity contribution in [2.45, 2.75) is 51.9 Å². The molecule has 3 aromatic rings. The van der Waals surface area contributed by atoms with Crippen molar-refractivity contribution in [3.05, 3.63) is 34.0 Å². The molecule has 2 unspecified atom stereocenters. The molecular formula is C23H25N5O3S. The van der Waals surface area contributed by atoms with E-state index in [-0.39, 0.29) is 11.7 Å². The molecule has 0 radical (unpaired) electrons. The second-order valence-corrected chi connectivity index (χ2v) is 9.93.